The van der Waals surface area contributed by atoms with Gasteiger partial charge < -0.3 is 10.4 Å². The summed E-state index contributed by atoms with van der Waals surface area (Å²) in [4.78, 5) is 2.51. The molecule has 100 valence electrons. The van der Waals surface area contributed by atoms with E-state index in [0.717, 1.165) is 38.1 Å². The zero-order valence-electron chi connectivity index (χ0n) is 11.4. The van der Waals surface area contributed by atoms with Gasteiger partial charge in [-0.15, -0.1) is 0 Å². The Balaban J connectivity index is 1.72. The SMILES string of the molecule is CCCNC1CCC(N2CCC(C)(O)C2)CC1. The second-order valence-electron chi connectivity index (χ2n) is 6.18. The quantitative estimate of drug-likeness (QED) is 0.786. The van der Waals surface area contributed by atoms with Crippen LogP contribution < -0.4 is 5.32 Å². The van der Waals surface area contributed by atoms with Gasteiger partial charge in [-0.25, -0.2) is 0 Å². The Morgan fingerprint density at radius 2 is 2.00 bits per heavy atom. The van der Waals surface area contributed by atoms with Crippen LogP contribution in [0.5, 0.6) is 0 Å². The molecule has 0 aromatic carbocycles. The first-order valence-corrected chi connectivity index (χ1v) is 7.30. The third-order valence-electron chi connectivity index (χ3n) is 4.38. The van der Waals surface area contributed by atoms with E-state index in [4.69, 9.17) is 0 Å². The summed E-state index contributed by atoms with van der Waals surface area (Å²) in [6, 6.07) is 1.47. The van der Waals surface area contributed by atoms with Crippen molar-refractivity contribution in [2.45, 2.75) is 70.1 Å². The van der Waals surface area contributed by atoms with Crippen molar-refractivity contribution in [3.05, 3.63) is 0 Å². The number of hydrogen-bond acceptors (Lipinski definition) is 3. The smallest absolute Gasteiger partial charge is 0.0758 e. The molecule has 0 amide bonds. The van der Waals surface area contributed by atoms with Gasteiger partial charge in [0.05, 0.1) is 5.60 Å². The van der Waals surface area contributed by atoms with Gasteiger partial charge in [0.25, 0.3) is 0 Å². The van der Waals surface area contributed by atoms with Crippen molar-refractivity contribution < 1.29 is 5.11 Å². The zero-order chi connectivity index (χ0) is 12.3. The van der Waals surface area contributed by atoms with E-state index in [2.05, 4.69) is 17.1 Å². The molecule has 0 aromatic rings. The molecule has 2 rings (SSSR count). The van der Waals surface area contributed by atoms with Gasteiger partial charge in [-0.1, -0.05) is 6.92 Å². The molecule has 0 spiro atoms. The largest absolute Gasteiger partial charge is 0.389 e. The van der Waals surface area contributed by atoms with Crippen LogP contribution in [0.2, 0.25) is 0 Å². The van der Waals surface area contributed by atoms with E-state index in [-0.39, 0.29) is 0 Å². The Kier molecular flexibility index (Phi) is 4.45. The van der Waals surface area contributed by atoms with Gasteiger partial charge in [0, 0.05) is 25.2 Å². The van der Waals surface area contributed by atoms with E-state index in [1.54, 1.807) is 0 Å². The number of nitrogens with zero attached hydrogens (tertiary/aromatic N) is 1. The van der Waals surface area contributed by atoms with Crippen LogP contribution in [0.1, 0.15) is 52.4 Å². The Morgan fingerprint density at radius 3 is 2.53 bits per heavy atom. The molecular formula is C14H28N2O. The average molecular weight is 240 g/mol. The van der Waals surface area contributed by atoms with Gasteiger partial charge in [0.1, 0.15) is 0 Å². The van der Waals surface area contributed by atoms with Crippen molar-refractivity contribution in [2.24, 2.45) is 0 Å². The summed E-state index contributed by atoms with van der Waals surface area (Å²) >= 11 is 0. The molecule has 0 bridgehead atoms. The fourth-order valence-corrected chi connectivity index (χ4v) is 3.29. The lowest BCUT2D eigenvalue weighted by Crippen LogP contribution is -2.43. The Bertz CT molecular complexity index is 234. The molecule has 1 saturated carbocycles. The molecule has 0 radical (unpaired) electrons. The van der Waals surface area contributed by atoms with Crippen LogP contribution in [0.4, 0.5) is 0 Å². The highest BCUT2D eigenvalue weighted by atomic mass is 16.3. The summed E-state index contributed by atoms with van der Waals surface area (Å²) in [5.41, 5.74) is -0.433. The van der Waals surface area contributed by atoms with Crippen molar-refractivity contribution >= 4 is 0 Å². The maximum absolute atomic E-state index is 10.0. The summed E-state index contributed by atoms with van der Waals surface area (Å²) in [6.07, 6.45) is 7.40. The summed E-state index contributed by atoms with van der Waals surface area (Å²) in [5, 5.41) is 13.6. The fourth-order valence-electron chi connectivity index (χ4n) is 3.29. The third-order valence-corrected chi connectivity index (χ3v) is 4.38. The topological polar surface area (TPSA) is 35.5 Å². The van der Waals surface area contributed by atoms with E-state index in [9.17, 15) is 5.11 Å². The first-order chi connectivity index (χ1) is 8.11. The van der Waals surface area contributed by atoms with Crippen LogP contribution >= 0.6 is 0 Å². The van der Waals surface area contributed by atoms with E-state index >= 15 is 0 Å². The van der Waals surface area contributed by atoms with Crippen LogP contribution in [-0.2, 0) is 0 Å². The second-order valence-corrected chi connectivity index (χ2v) is 6.18. The lowest BCUT2D eigenvalue weighted by molar-refractivity contribution is 0.0570. The first-order valence-electron chi connectivity index (χ1n) is 7.30. The van der Waals surface area contributed by atoms with Gasteiger partial charge in [-0.3, -0.25) is 4.90 Å². The number of β-amino-alcohol motifs (C(OH)–C–C–N with tert-alkyl or cyclic N) is 1. The number of nitrogens with one attached hydrogen (secondary N) is 1. The second kappa shape index (κ2) is 5.68. The molecule has 1 heterocycles. The minimum Gasteiger partial charge on any atom is -0.389 e. The highest BCUT2D eigenvalue weighted by Crippen LogP contribution is 2.29. The first kappa shape index (κ1) is 13.3. The summed E-state index contributed by atoms with van der Waals surface area (Å²) in [5.74, 6) is 0. The standard InChI is InChI=1S/C14H28N2O/c1-3-9-15-12-4-6-13(7-5-12)16-10-8-14(2,17)11-16/h12-13,15,17H,3-11H2,1-2H3. The van der Waals surface area contributed by atoms with Gasteiger partial charge in [0.2, 0.25) is 0 Å². The van der Waals surface area contributed by atoms with E-state index in [1.807, 2.05) is 6.92 Å². The van der Waals surface area contributed by atoms with Crippen LogP contribution in [0, 0.1) is 0 Å². The summed E-state index contributed by atoms with van der Waals surface area (Å²) in [7, 11) is 0. The third kappa shape index (κ3) is 3.67. The molecule has 1 saturated heterocycles. The Morgan fingerprint density at radius 1 is 1.29 bits per heavy atom. The molecule has 0 aromatic heterocycles. The summed E-state index contributed by atoms with van der Waals surface area (Å²) < 4.78 is 0. The predicted molar refractivity (Wildman–Crippen MR) is 71.2 cm³/mol. The molecule has 3 heteroatoms. The van der Waals surface area contributed by atoms with Crippen LogP contribution in [0.15, 0.2) is 0 Å². The minimum atomic E-state index is -0.433. The van der Waals surface area contributed by atoms with E-state index in [0.29, 0.717) is 0 Å². The molecule has 1 aliphatic carbocycles. The molecule has 2 fully saturated rings. The van der Waals surface area contributed by atoms with Gasteiger partial charge in [-0.05, 0) is 52.0 Å². The molecular weight excluding hydrogens is 212 g/mol. The van der Waals surface area contributed by atoms with E-state index < -0.39 is 5.60 Å². The normalized spacial score (nSPS) is 39.7. The van der Waals surface area contributed by atoms with Crippen LogP contribution in [-0.4, -0.2) is 47.3 Å². The van der Waals surface area contributed by atoms with Gasteiger partial charge in [-0.2, -0.15) is 0 Å². The highest BCUT2D eigenvalue weighted by molar-refractivity contribution is 4.91. The average Bonchev–Trinajstić information content (AvgIpc) is 2.68. The highest BCUT2D eigenvalue weighted by Gasteiger charge is 2.36. The lowest BCUT2D eigenvalue weighted by atomic mass is 9.90. The van der Waals surface area contributed by atoms with Crippen molar-refractivity contribution in [1.29, 1.82) is 0 Å². The van der Waals surface area contributed by atoms with Crippen LogP contribution in [0.25, 0.3) is 0 Å². The van der Waals surface area contributed by atoms with Crippen molar-refractivity contribution in [3.63, 3.8) is 0 Å². The maximum atomic E-state index is 10.0. The molecule has 2 aliphatic rings. The lowest BCUT2D eigenvalue weighted by Gasteiger charge is -2.35. The fraction of sp³-hybridized carbons (Fsp3) is 1.00. The number of hydrogen-bond donors (Lipinski definition) is 2. The van der Waals surface area contributed by atoms with Crippen molar-refractivity contribution in [1.82, 2.24) is 10.2 Å². The molecule has 1 aliphatic heterocycles. The van der Waals surface area contributed by atoms with E-state index in [1.165, 1.54) is 32.1 Å². The molecule has 17 heavy (non-hydrogen) atoms. The van der Waals surface area contributed by atoms with Crippen molar-refractivity contribution in [3.8, 4) is 0 Å². The van der Waals surface area contributed by atoms with Gasteiger partial charge >= 0.3 is 0 Å². The molecule has 1 atom stereocenters. The Hall–Kier alpha value is -0.120. The van der Waals surface area contributed by atoms with Crippen molar-refractivity contribution in [2.75, 3.05) is 19.6 Å². The molecule has 3 nitrogen and oxygen atoms in total. The number of rotatable bonds is 4. The Labute approximate surface area is 106 Å². The maximum Gasteiger partial charge on any atom is 0.0758 e. The molecule has 2 N–H and O–H groups in total. The minimum absolute atomic E-state index is 0.433. The van der Waals surface area contributed by atoms with Crippen LogP contribution in [0.3, 0.4) is 0 Å². The van der Waals surface area contributed by atoms with Gasteiger partial charge in [0.15, 0.2) is 0 Å². The number of likely N-dealkylation sites (tertiary alicyclic amines) is 1. The number of aliphatic hydroxyl groups is 1. The zero-order valence-corrected chi connectivity index (χ0v) is 11.4. The predicted octanol–water partition coefficient (Wildman–Crippen LogP) is 1.75. The monoisotopic (exact) mass is 240 g/mol. The summed E-state index contributed by atoms with van der Waals surface area (Å²) in [6.45, 7) is 7.33. The molecule has 1 unspecified atom stereocenters.